The van der Waals surface area contributed by atoms with Gasteiger partial charge in [0, 0.05) is 7.11 Å². The van der Waals surface area contributed by atoms with Gasteiger partial charge in [-0.25, -0.2) is 0 Å². The van der Waals surface area contributed by atoms with Crippen LogP contribution < -0.4 is 5.73 Å². The first-order valence-corrected chi connectivity index (χ1v) is 4.66. The highest BCUT2D eigenvalue weighted by molar-refractivity contribution is 4.95. The quantitative estimate of drug-likeness (QED) is 0.792. The summed E-state index contributed by atoms with van der Waals surface area (Å²) in [6.45, 7) is 5.69. The molecule has 0 saturated heterocycles. The van der Waals surface area contributed by atoms with Gasteiger partial charge in [-0.1, -0.05) is 6.92 Å². The zero-order chi connectivity index (χ0) is 10.8. The van der Waals surface area contributed by atoms with Crippen LogP contribution in [-0.2, 0) is 10.3 Å². The first-order valence-electron chi connectivity index (χ1n) is 4.66. The number of aromatic nitrogens is 2. The molecule has 0 saturated carbocycles. The third-order valence-corrected chi connectivity index (χ3v) is 2.22. The van der Waals surface area contributed by atoms with Crippen LogP contribution in [0.2, 0.25) is 0 Å². The number of ether oxygens (including phenoxy) is 1. The summed E-state index contributed by atoms with van der Waals surface area (Å²) in [6.07, 6.45) is 0.773. The molecular weight excluding hydrogens is 182 g/mol. The van der Waals surface area contributed by atoms with E-state index in [1.54, 1.807) is 7.11 Å². The van der Waals surface area contributed by atoms with Crippen LogP contribution in [0.1, 0.15) is 45.0 Å². The van der Waals surface area contributed by atoms with Crippen molar-refractivity contribution < 1.29 is 9.15 Å². The molecule has 0 aliphatic carbocycles. The normalized spacial score (nSPS) is 14.4. The number of nitrogens with zero attached hydrogens (tertiary/aromatic N) is 2. The first-order chi connectivity index (χ1) is 6.51. The molecule has 0 amide bonds. The Labute approximate surface area is 83.6 Å². The maximum Gasteiger partial charge on any atom is 0.247 e. The zero-order valence-electron chi connectivity index (χ0n) is 9.07. The van der Waals surface area contributed by atoms with E-state index in [9.17, 15) is 0 Å². The molecule has 0 radical (unpaired) electrons. The summed E-state index contributed by atoms with van der Waals surface area (Å²) >= 11 is 0. The number of rotatable bonds is 4. The van der Waals surface area contributed by atoms with E-state index in [-0.39, 0.29) is 6.04 Å². The second-order valence-electron chi connectivity index (χ2n) is 3.67. The molecule has 1 heterocycles. The van der Waals surface area contributed by atoms with Crippen LogP contribution in [0.15, 0.2) is 4.42 Å². The van der Waals surface area contributed by atoms with Crippen LogP contribution in [-0.4, -0.2) is 17.3 Å². The van der Waals surface area contributed by atoms with E-state index in [4.69, 9.17) is 14.9 Å². The molecule has 5 heteroatoms. The predicted molar refractivity (Wildman–Crippen MR) is 51.6 cm³/mol. The lowest BCUT2D eigenvalue weighted by molar-refractivity contribution is -0.00478. The molecule has 0 fully saturated rings. The lowest BCUT2D eigenvalue weighted by atomic mass is 10.1. The van der Waals surface area contributed by atoms with Crippen LogP contribution in [0, 0.1) is 0 Å². The van der Waals surface area contributed by atoms with Crippen molar-refractivity contribution in [2.45, 2.75) is 38.8 Å². The molecule has 0 aliphatic rings. The van der Waals surface area contributed by atoms with Crippen LogP contribution in [0.4, 0.5) is 0 Å². The van der Waals surface area contributed by atoms with Crippen molar-refractivity contribution in [3.8, 4) is 0 Å². The summed E-state index contributed by atoms with van der Waals surface area (Å²) in [5, 5.41) is 7.79. The SMILES string of the molecule is CCC(N)c1nnc(C(C)(C)OC)o1. The van der Waals surface area contributed by atoms with Gasteiger partial charge in [0.1, 0.15) is 5.60 Å². The Morgan fingerprint density at radius 3 is 2.64 bits per heavy atom. The summed E-state index contributed by atoms with van der Waals surface area (Å²) in [5.74, 6) is 0.923. The molecule has 0 aliphatic heterocycles. The minimum atomic E-state index is -0.557. The maximum absolute atomic E-state index is 5.76. The Morgan fingerprint density at radius 1 is 1.50 bits per heavy atom. The minimum absolute atomic E-state index is 0.191. The van der Waals surface area contributed by atoms with Gasteiger partial charge in [0.25, 0.3) is 0 Å². The van der Waals surface area contributed by atoms with Crippen LogP contribution >= 0.6 is 0 Å². The van der Waals surface area contributed by atoms with Gasteiger partial charge < -0.3 is 14.9 Å². The van der Waals surface area contributed by atoms with E-state index in [2.05, 4.69) is 10.2 Å². The fourth-order valence-corrected chi connectivity index (χ4v) is 0.890. The average Bonchev–Trinajstić information content (AvgIpc) is 2.66. The van der Waals surface area contributed by atoms with Gasteiger partial charge in [0.2, 0.25) is 11.8 Å². The highest BCUT2D eigenvalue weighted by atomic mass is 16.5. The van der Waals surface area contributed by atoms with Gasteiger partial charge >= 0.3 is 0 Å². The molecule has 2 N–H and O–H groups in total. The van der Waals surface area contributed by atoms with Gasteiger partial charge in [-0.3, -0.25) is 0 Å². The third-order valence-electron chi connectivity index (χ3n) is 2.22. The highest BCUT2D eigenvalue weighted by Gasteiger charge is 2.27. The standard InChI is InChI=1S/C9H17N3O2/c1-5-6(10)7-11-12-8(14-7)9(2,3)13-4/h6H,5,10H2,1-4H3. The Kier molecular flexibility index (Phi) is 3.23. The fraction of sp³-hybridized carbons (Fsp3) is 0.778. The summed E-state index contributed by atoms with van der Waals surface area (Å²) in [6, 6.07) is -0.191. The van der Waals surface area contributed by atoms with Crippen molar-refractivity contribution in [3.63, 3.8) is 0 Å². The lowest BCUT2D eigenvalue weighted by Gasteiger charge is -2.17. The van der Waals surface area contributed by atoms with E-state index < -0.39 is 5.60 Å². The Hall–Kier alpha value is -0.940. The first kappa shape index (κ1) is 11.1. The molecule has 1 aromatic rings. The van der Waals surface area contributed by atoms with Crippen molar-refractivity contribution in [2.24, 2.45) is 5.73 Å². The summed E-state index contributed by atoms with van der Waals surface area (Å²) < 4.78 is 10.6. The number of nitrogens with two attached hydrogens (primary N) is 1. The second-order valence-corrected chi connectivity index (χ2v) is 3.67. The largest absolute Gasteiger partial charge is 0.420 e. The monoisotopic (exact) mass is 199 g/mol. The maximum atomic E-state index is 5.76. The molecule has 1 aromatic heterocycles. The van der Waals surface area contributed by atoms with Gasteiger partial charge in [-0.05, 0) is 20.3 Å². The Balaban J connectivity index is 2.88. The van der Waals surface area contributed by atoms with Crippen LogP contribution in [0.3, 0.4) is 0 Å². The Morgan fingerprint density at radius 2 is 2.14 bits per heavy atom. The molecule has 1 unspecified atom stereocenters. The van der Waals surface area contributed by atoms with E-state index >= 15 is 0 Å². The number of methoxy groups -OCH3 is 1. The lowest BCUT2D eigenvalue weighted by Crippen LogP contribution is -2.19. The smallest absolute Gasteiger partial charge is 0.247 e. The third kappa shape index (κ3) is 2.10. The molecular formula is C9H17N3O2. The van der Waals surface area contributed by atoms with Gasteiger partial charge in [-0.2, -0.15) is 0 Å². The molecule has 5 nitrogen and oxygen atoms in total. The number of hydrogen-bond acceptors (Lipinski definition) is 5. The fourth-order valence-electron chi connectivity index (χ4n) is 0.890. The molecule has 14 heavy (non-hydrogen) atoms. The highest BCUT2D eigenvalue weighted by Crippen LogP contribution is 2.23. The Bertz CT molecular complexity index is 296. The minimum Gasteiger partial charge on any atom is -0.420 e. The van der Waals surface area contributed by atoms with Crippen LogP contribution in [0.5, 0.6) is 0 Å². The van der Waals surface area contributed by atoms with Crippen molar-refractivity contribution in [3.05, 3.63) is 11.8 Å². The van der Waals surface area contributed by atoms with Gasteiger partial charge in [-0.15, -0.1) is 10.2 Å². The molecule has 1 rings (SSSR count). The average molecular weight is 199 g/mol. The van der Waals surface area contributed by atoms with Crippen molar-refractivity contribution >= 4 is 0 Å². The molecule has 1 atom stereocenters. The summed E-state index contributed by atoms with van der Waals surface area (Å²) in [5.41, 5.74) is 5.20. The number of hydrogen-bond donors (Lipinski definition) is 1. The van der Waals surface area contributed by atoms with Gasteiger partial charge in [0.05, 0.1) is 6.04 Å². The second kappa shape index (κ2) is 4.06. The topological polar surface area (TPSA) is 74.2 Å². The van der Waals surface area contributed by atoms with Crippen LogP contribution in [0.25, 0.3) is 0 Å². The predicted octanol–water partition coefficient (Wildman–Crippen LogP) is 1.36. The summed E-state index contributed by atoms with van der Waals surface area (Å²) in [4.78, 5) is 0. The molecule has 80 valence electrons. The van der Waals surface area contributed by atoms with E-state index in [0.29, 0.717) is 11.8 Å². The van der Waals surface area contributed by atoms with Crippen molar-refractivity contribution in [1.29, 1.82) is 0 Å². The van der Waals surface area contributed by atoms with E-state index in [1.165, 1.54) is 0 Å². The van der Waals surface area contributed by atoms with Crippen molar-refractivity contribution in [2.75, 3.05) is 7.11 Å². The molecule has 0 bridgehead atoms. The van der Waals surface area contributed by atoms with E-state index in [0.717, 1.165) is 6.42 Å². The van der Waals surface area contributed by atoms with E-state index in [1.807, 2.05) is 20.8 Å². The summed E-state index contributed by atoms with van der Waals surface area (Å²) in [7, 11) is 1.60. The van der Waals surface area contributed by atoms with Crippen molar-refractivity contribution in [1.82, 2.24) is 10.2 Å². The molecule has 0 spiro atoms. The zero-order valence-corrected chi connectivity index (χ0v) is 9.07. The molecule has 0 aromatic carbocycles. The van der Waals surface area contributed by atoms with Gasteiger partial charge in [0.15, 0.2) is 0 Å².